The second kappa shape index (κ2) is 4.37. The van der Waals surface area contributed by atoms with Crippen LogP contribution in [0, 0.1) is 0 Å². The van der Waals surface area contributed by atoms with Crippen LogP contribution in [0.5, 0.6) is 0 Å². The fraction of sp³-hybridized carbons (Fsp3) is 0.222. The molecule has 2 nitrogen and oxygen atoms in total. The van der Waals surface area contributed by atoms with Gasteiger partial charge >= 0.3 is 5.97 Å². The van der Waals surface area contributed by atoms with Gasteiger partial charge in [-0.25, -0.2) is 9.74 Å². The smallest absolute Gasteiger partial charge is 0.249 e. The van der Waals surface area contributed by atoms with Crippen molar-refractivity contribution in [2.45, 2.75) is 13.3 Å². The van der Waals surface area contributed by atoms with Gasteiger partial charge in [0, 0.05) is 9.00 Å². The third-order valence-electron chi connectivity index (χ3n) is 1.76. The maximum atomic E-state index is 11.7. The molecule has 0 aromatic heterocycles. The van der Waals surface area contributed by atoms with Crippen molar-refractivity contribution in [1.82, 2.24) is 0 Å². The van der Waals surface area contributed by atoms with E-state index in [1.54, 1.807) is 18.2 Å². The van der Waals surface area contributed by atoms with E-state index in [-0.39, 0.29) is 5.56 Å². The van der Waals surface area contributed by atoms with Gasteiger partial charge in [-0.3, -0.25) is 0 Å². The summed E-state index contributed by atoms with van der Waals surface area (Å²) in [6, 6.07) is 5.22. The molecule has 0 saturated heterocycles. The molecule has 1 aromatic rings. The first-order chi connectivity index (χ1) is 6.20. The fourth-order valence-electron chi connectivity index (χ4n) is 1.13. The lowest BCUT2D eigenvalue weighted by atomic mass is 10.1. The second-order valence-electron chi connectivity index (χ2n) is 2.49. The maximum absolute atomic E-state index is 11.7. The van der Waals surface area contributed by atoms with Crippen LogP contribution in [0.4, 0.5) is 4.53 Å². The van der Waals surface area contributed by atoms with Gasteiger partial charge in [-0.15, -0.1) is 0 Å². The minimum atomic E-state index is -0.954. The fourth-order valence-corrected chi connectivity index (χ4v) is 1.70. The van der Waals surface area contributed by atoms with Crippen LogP contribution in [0.2, 0.25) is 0 Å². The van der Waals surface area contributed by atoms with Crippen LogP contribution in [0.1, 0.15) is 22.8 Å². The van der Waals surface area contributed by atoms with Gasteiger partial charge in [-0.05, 0) is 34.0 Å². The van der Waals surface area contributed by atoms with Crippen LogP contribution >= 0.6 is 15.9 Å². The van der Waals surface area contributed by atoms with Gasteiger partial charge < -0.3 is 0 Å². The Morgan fingerprint density at radius 1 is 1.62 bits per heavy atom. The van der Waals surface area contributed by atoms with Gasteiger partial charge in [0.2, 0.25) is 0 Å². The summed E-state index contributed by atoms with van der Waals surface area (Å²) in [5, 5.41) is 0. The number of hydrogen-bond donors (Lipinski definition) is 0. The van der Waals surface area contributed by atoms with Crippen LogP contribution in [-0.2, 0) is 11.4 Å². The molecule has 0 aliphatic rings. The van der Waals surface area contributed by atoms with Gasteiger partial charge in [-0.2, -0.15) is 0 Å². The molecule has 0 atom stereocenters. The molecule has 70 valence electrons. The number of hydrogen-bond acceptors (Lipinski definition) is 2. The Hall–Kier alpha value is -0.900. The zero-order chi connectivity index (χ0) is 9.84. The van der Waals surface area contributed by atoms with E-state index < -0.39 is 5.97 Å². The topological polar surface area (TPSA) is 26.3 Å². The summed E-state index contributed by atoms with van der Waals surface area (Å²) in [7, 11) is 0. The van der Waals surface area contributed by atoms with Crippen molar-refractivity contribution in [2.75, 3.05) is 0 Å². The number of carbonyl (C=O) groups excluding carboxylic acids is 1. The zero-order valence-electron chi connectivity index (χ0n) is 7.01. The molecule has 0 fully saturated rings. The largest absolute Gasteiger partial charge is 0.380 e. The third kappa shape index (κ3) is 2.06. The normalized spacial score (nSPS) is 9.77. The van der Waals surface area contributed by atoms with E-state index in [1.807, 2.05) is 6.92 Å². The SMILES string of the molecule is CCc1cccc(Br)c1C(=O)OF. The lowest BCUT2D eigenvalue weighted by Gasteiger charge is -2.04. The molecule has 0 spiro atoms. The zero-order valence-corrected chi connectivity index (χ0v) is 8.60. The lowest BCUT2D eigenvalue weighted by molar-refractivity contribution is -0.0789. The van der Waals surface area contributed by atoms with Crippen molar-refractivity contribution < 1.29 is 14.3 Å². The Kier molecular flexibility index (Phi) is 3.42. The molecule has 0 saturated carbocycles. The summed E-state index contributed by atoms with van der Waals surface area (Å²) in [5.74, 6) is -0.954. The second-order valence-corrected chi connectivity index (χ2v) is 3.35. The van der Waals surface area contributed by atoms with E-state index in [1.165, 1.54) is 0 Å². The quantitative estimate of drug-likeness (QED) is 0.802. The monoisotopic (exact) mass is 246 g/mol. The predicted molar refractivity (Wildman–Crippen MR) is 50.0 cm³/mol. The van der Waals surface area contributed by atoms with Crippen LogP contribution < -0.4 is 0 Å². The van der Waals surface area contributed by atoms with E-state index in [0.717, 1.165) is 5.56 Å². The van der Waals surface area contributed by atoms with Crippen molar-refractivity contribution in [1.29, 1.82) is 0 Å². The Labute approximate surface area is 83.7 Å². The third-order valence-corrected chi connectivity index (χ3v) is 2.42. The molecule has 0 amide bonds. The lowest BCUT2D eigenvalue weighted by Crippen LogP contribution is -2.04. The molecule has 0 unspecified atom stereocenters. The summed E-state index contributed by atoms with van der Waals surface area (Å²) >= 11 is 3.16. The van der Waals surface area contributed by atoms with Crippen LogP contribution in [0.3, 0.4) is 0 Å². The average Bonchev–Trinajstić information content (AvgIpc) is 2.16. The molecule has 4 heteroatoms. The first kappa shape index (κ1) is 10.2. The van der Waals surface area contributed by atoms with Gasteiger partial charge in [-0.1, -0.05) is 19.1 Å². The molecule has 0 aliphatic carbocycles. The number of carbonyl (C=O) groups is 1. The number of benzene rings is 1. The molecular weight excluding hydrogens is 239 g/mol. The number of aryl methyl sites for hydroxylation is 1. The summed E-state index contributed by atoms with van der Waals surface area (Å²) in [6.45, 7) is 1.89. The molecule has 0 heterocycles. The minimum absolute atomic E-state index is 0.257. The molecule has 0 bridgehead atoms. The molecule has 0 aliphatic heterocycles. The van der Waals surface area contributed by atoms with E-state index in [4.69, 9.17) is 0 Å². The first-order valence-corrected chi connectivity index (χ1v) is 4.60. The standard InChI is InChI=1S/C9H8BrFO2/c1-2-6-4-3-5-7(10)8(6)9(12)13-11/h3-5H,2H2,1H3. The van der Waals surface area contributed by atoms with Gasteiger partial charge in [0.1, 0.15) is 0 Å². The van der Waals surface area contributed by atoms with Gasteiger partial charge in [0.15, 0.2) is 0 Å². The Balaban J connectivity index is 3.22. The van der Waals surface area contributed by atoms with Crippen molar-refractivity contribution >= 4 is 21.9 Å². The van der Waals surface area contributed by atoms with E-state index in [0.29, 0.717) is 10.9 Å². The molecular formula is C9H8BrFO2. The summed E-state index contributed by atoms with van der Waals surface area (Å²) in [4.78, 5) is 14.2. The van der Waals surface area contributed by atoms with Crippen LogP contribution in [0.15, 0.2) is 22.7 Å². The Morgan fingerprint density at radius 3 is 2.85 bits per heavy atom. The van der Waals surface area contributed by atoms with E-state index >= 15 is 0 Å². The molecule has 13 heavy (non-hydrogen) atoms. The molecule has 1 aromatic carbocycles. The number of halogens is 2. The highest BCUT2D eigenvalue weighted by Crippen LogP contribution is 2.22. The summed E-state index contributed by atoms with van der Waals surface area (Å²) < 4.78 is 12.2. The first-order valence-electron chi connectivity index (χ1n) is 3.81. The maximum Gasteiger partial charge on any atom is 0.380 e. The molecule has 1 rings (SSSR count). The molecule has 0 radical (unpaired) electrons. The van der Waals surface area contributed by atoms with Gasteiger partial charge in [0.05, 0.1) is 5.56 Å². The van der Waals surface area contributed by atoms with Crippen LogP contribution in [-0.4, -0.2) is 5.97 Å². The Bertz CT molecular complexity index is 325. The minimum Gasteiger partial charge on any atom is -0.249 e. The average molecular weight is 247 g/mol. The van der Waals surface area contributed by atoms with Gasteiger partial charge in [0.25, 0.3) is 0 Å². The predicted octanol–water partition coefficient (Wildman–Crippen LogP) is 3.05. The van der Waals surface area contributed by atoms with Crippen molar-refractivity contribution in [2.24, 2.45) is 0 Å². The summed E-state index contributed by atoms with van der Waals surface area (Å²) in [6.07, 6.45) is 0.657. The highest BCUT2D eigenvalue weighted by molar-refractivity contribution is 9.10. The van der Waals surface area contributed by atoms with E-state index in [2.05, 4.69) is 20.9 Å². The van der Waals surface area contributed by atoms with Crippen molar-refractivity contribution in [3.05, 3.63) is 33.8 Å². The van der Waals surface area contributed by atoms with E-state index in [9.17, 15) is 9.32 Å². The Morgan fingerprint density at radius 2 is 2.31 bits per heavy atom. The molecule has 0 N–H and O–H groups in total. The van der Waals surface area contributed by atoms with Crippen LogP contribution in [0.25, 0.3) is 0 Å². The highest BCUT2D eigenvalue weighted by Gasteiger charge is 2.15. The summed E-state index contributed by atoms with van der Waals surface area (Å²) in [5.41, 5.74) is 1.02. The number of rotatable bonds is 2. The van der Waals surface area contributed by atoms with Crippen molar-refractivity contribution in [3.63, 3.8) is 0 Å². The highest BCUT2D eigenvalue weighted by atomic mass is 79.9. The van der Waals surface area contributed by atoms with Crippen molar-refractivity contribution in [3.8, 4) is 0 Å².